The fourth-order valence-electron chi connectivity index (χ4n) is 2.82. The molecule has 25 heavy (non-hydrogen) atoms. The van der Waals surface area contributed by atoms with E-state index in [9.17, 15) is 23.1 Å². The highest BCUT2D eigenvalue weighted by molar-refractivity contribution is 7.92. The standard InChI is InChI=1S/C17H14N2O5S/c1-2-3-6-11-10-25(23,24)16-13(9-12-7-4-5-8-18-12)15(20)19(16)14(11)17(21)22/h2-9,16H,1,10H2,(H,21,22)/b6-3+,13-9-. The van der Waals surface area contributed by atoms with E-state index in [0.717, 1.165) is 4.90 Å². The van der Waals surface area contributed by atoms with Crippen molar-refractivity contribution in [1.29, 1.82) is 0 Å². The van der Waals surface area contributed by atoms with Crippen molar-refractivity contribution in [2.75, 3.05) is 5.75 Å². The van der Waals surface area contributed by atoms with Crippen molar-refractivity contribution < 1.29 is 23.1 Å². The second-order valence-electron chi connectivity index (χ2n) is 5.46. The number of aromatic nitrogens is 1. The fraction of sp³-hybridized carbons (Fsp3) is 0.118. The first-order valence-corrected chi connectivity index (χ1v) is 9.01. The number of amides is 1. The molecule has 0 spiro atoms. The van der Waals surface area contributed by atoms with E-state index in [1.165, 1.54) is 30.5 Å². The molecule has 1 N–H and O–H groups in total. The highest BCUT2D eigenvalue weighted by atomic mass is 32.2. The summed E-state index contributed by atoms with van der Waals surface area (Å²) in [7, 11) is -3.77. The molecule has 0 aliphatic carbocycles. The lowest BCUT2D eigenvalue weighted by Crippen LogP contribution is -2.62. The van der Waals surface area contributed by atoms with Crippen molar-refractivity contribution in [3.05, 3.63) is 71.7 Å². The second kappa shape index (κ2) is 6.14. The smallest absolute Gasteiger partial charge is 0.352 e. The molecule has 7 nitrogen and oxygen atoms in total. The van der Waals surface area contributed by atoms with Gasteiger partial charge < -0.3 is 5.11 Å². The molecular weight excluding hydrogens is 344 g/mol. The molecule has 1 fully saturated rings. The van der Waals surface area contributed by atoms with Crippen LogP contribution in [0.5, 0.6) is 0 Å². The maximum Gasteiger partial charge on any atom is 0.352 e. The predicted molar refractivity (Wildman–Crippen MR) is 90.6 cm³/mol. The van der Waals surface area contributed by atoms with Crippen molar-refractivity contribution in [2.24, 2.45) is 0 Å². The zero-order chi connectivity index (χ0) is 18.2. The monoisotopic (exact) mass is 358 g/mol. The maximum atomic E-state index is 12.6. The lowest BCUT2D eigenvalue weighted by Gasteiger charge is -2.45. The minimum atomic E-state index is -3.77. The Balaban J connectivity index is 2.11. The zero-order valence-electron chi connectivity index (χ0n) is 13.0. The van der Waals surface area contributed by atoms with Crippen LogP contribution in [0.4, 0.5) is 0 Å². The van der Waals surface area contributed by atoms with Gasteiger partial charge in [0.05, 0.1) is 17.0 Å². The van der Waals surface area contributed by atoms with E-state index in [2.05, 4.69) is 11.6 Å². The number of β-lactam (4-membered cyclic amide) rings is 1. The number of sulfone groups is 1. The van der Waals surface area contributed by atoms with Crippen molar-refractivity contribution in [1.82, 2.24) is 9.88 Å². The Morgan fingerprint density at radius 2 is 2.16 bits per heavy atom. The number of hydrogen-bond donors (Lipinski definition) is 1. The number of hydrogen-bond acceptors (Lipinski definition) is 5. The number of carboxylic acid groups (broad SMARTS) is 1. The topological polar surface area (TPSA) is 105 Å². The van der Waals surface area contributed by atoms with Crippen LogP contribution in [0, 0.1) is 0 Å². The van der Waals surface area contributed by atoms with Gasteiger partial charge in [-0.2, -0.15) is 0 Å². The van der Waals surface area contributed by atoms with E-state index < -0.39 is 32.8 Å². The van der Waals surface area contributed by atoms with Crippen LogP contribution in [-0.4, -0.2) is 46.4 Å². The number of carboxylic acids is 1. The van der Waals surface area contributed by atoms with Gasteiger partial charge in [-0.1, -0.05) is 30.9 Å². The molecule has 0 radical (unpaired) electrons. The van der Waals surface area contributed by atoms with Crippen LogP contribution in [0.15, 0.2) is 66.0 Å². The Bertz CT molecular complexity index is 958. The third-order valence-electron chi connectivity index (χ3n) is 3.84. The van der Waals surface area contributed by atoms with Gasteiger partial charge in [0, 0.05) is 6.20 Å². The molecule has 1 aromatic heterocycles. The Kier molecular flexibility index (Phi) is 4.13. The second-order valence-corrected chi connectivity index (χ2v) is 7.52. The number of aliphatic carboxylic acids is 1. The molecule has 8 heteroatoms. The van der Waals surface area contributed by atoms with Gasteiger partial charge >= 0.3 is 5.97 Å². The van der Waals surface area contributed by atoms with Crippen LogP contribution < -0.4 is 0 Å². The first kappa shape index (κ1) is 16.8. The maximum absolute atomic E-state index is 12.6. The number of carbonyl (C=O) groups is 2. The summed E-state index contributed by atoms with van der Waals surface area (Å²) in [6, 6.07) is 5.03. The Hall–Kier alpha value is -3.00. The SMILES string of the molecule is C=C/C=C/C1=C(C(=O)O)N2C(=O)/C(=C/c3ccccn3)C2S(=O)(=O)C1. The predicted octanol–water partition coefficient (Wildman–Crippen LogP) is 1.14. The Labute approximate surface area is 144 Å². The van der Waals surface area contributed by atoms with Gasteiger partial charge in [0.15, 0.2) is 15.2 Å². The number of carbonyl (C=O) groups excluding carboxylic acids is 1. The van der Waals surface area contributed by atoms with E-state index in [1.54, 1.807) is 18.2 Å². The third-order valence-corrected chi connectivity index (χ3v) is 5.69. The van der Waals surface area contributed by atoms with Gasteiger partial charge in [0.2, 0.25) is 0 Å². The summed E-state index contributed by atoms with van der Waals surface area (Å²) in [5, 5.41) is 8.16. The molecule has 1 aromatic rings. The molecule has 0 aromatic carbocycles. The lowest BCUT2D eigenvalue weighted by molar-refractivity contribution is -0.141. The van der Waals surface area contributed by atoms with Gasteiger partial charge in [-0.05, 0) is 23.8 Å². The minimum absolute atomic E-state index is 0.0178. The average molecular weight is 358 g/mol. The summed E-state index contributed by atoms with van der Waals surface area (Å²) in [5.41, 5.74) is 0.179. The van der Waals surface area contributed by atoms with E-state index in [4.69, 9.17) is 0 Å². The molecular formula is C17H14N2O5S. The normalized spacial score (nSPS) is 23.5. The number of pyridine rings is 1. The summed E-state index contributed by atoms with van der Waals surface area (Å²) in [6.07, 6.45) is 7.07. The first-order valence-electron chi connectivity index (χ1n) is 7.30. The van der Waals surface area contributed by atoms with Gasteiger partial charge in [0.1, 0.15) is 5.70 Å². The van der Waals surface area contributed by atoms with Crippen molar-refractivity contribution >= 4 is 27.8 Å². The Morgan fingerprint density at radius 1 is 1.40 bits per heavy atom. The molecule has 3 heterocycles. The minimum Gasteiger partial charge on any atom is -0.477 e. The van der Waals surface area contributed by atoms with Gasteiger partial charge in [-0.3, -0.25) is 14.7 Å². The van der Waals surface area contributed by atoms with Crippen LogP contribution in [0.1, 0.15) is 5.69 Å². The molecule has 0 bridgehead atoms. The van der Waals surface area contributed by atoms with E-state index in [0.29, 0.717) is 5.69 Å². The molecule has 1 saturated heterocycles. The van der Waals surface area contributed by atoms with Gasteiger partial charge in [-0.25, -0.2) is 13.2 Å². The highest BCUT2D eigenvalue weighted by Crippen LogP contribution is 2.41. The average Bonchev–Trinajstić information content (AvgIpc) is 2.57. The third kappa shape index (κ3) is 2.80. The Morgan fingerprint density at radius 3 is 2.76 bits per heavy atom. The summed E-state index contributed by atoms with van der Waals surface area (Å²) in [4.78, 5) is 28.9. The molecule has 1 amide bonds. The summed E-state index contributed by atoms with van der Waals surface area (Å²) >= 11 is 0. The molecule has 1 atom stereocenters. The quantitative estimate of drug-likeness (QED) is 0.492. The summed E-state index contributed by atoms with van der Waals surface area (Å²) in [5.74, 6) is -2.47. The van der Waals surface area contributed by atoms with Gasteiger partial charge in [0.25, 0.3) is 5.91 Å². The lowest BCUT2D eigenvalue weighted by atomic mass is 10.0. The summed E-state index contributed by atoms with van der Waals surface area (Å²) < 4.78 is 25.2. The molecule has 3 rings (SSSR count). The molecule has 2 aliphatic rings. The van der Waals surface area contributed by atoms with Crippen LogP contribution >= 0.6 is 0 Å². The number of rotatable bonds is 4. The highest BCUT2D eigenvalue weighted by Gasteiger charge is 2.56. The van der Waals surface area contributed by atoms with Crippen LogP contribution in [0.2, 0.25) is 0 Å². The van der Waals surface area contributed by atoms with E-state index >= 15 is 0 Å². The number of nitrogens with zero attached hydrogens (tertiary/aromatic N) is 2. The van der Waals surface area contributed by atoms with Gasteiger partial charge in [-0.15, -0.1) is 0 Å². The van der Waals surface area contributed by atoms with Crippen molar-refractivity contribution in [2.45, 2.75) is 5.37 Å². The molecule has 128 valence electrons. The van der Waals surface area contributed by atoms with Crippen LogP contribution in [0.3, 0.4) is 0 Å². The van der Waals surface area contributed by atoms with Crippen LogP contribution in [0.25, 0.3) is 6.08 Å². The van der Waals surface area contributed by atoms with E-state index in [-0.39, 0.29) is 16.8 Å². The van der Waals surface area contributed by atoms with Crippen LogP contribution in [-0.2, 0) is 19.4 Å². The summed E-state index contributed by atoms with van der Waals surface area (Å²) in [6.45, 7) is 3.47. The largest absolute Gasteiger partial charge is 0.477 e. The molecule has 2 aliphatic heterocycles. The zero-order valence-corrected chi connectivity index (χ0v) is 13.8. The molecule has 1 unspecified atom stereocenters. The van der Waals surface area contributed by atoms with Crippen molar-refractivity contribution in [3.8, 4) is 0 Å². The molecule has 0 saturated carbocycles. The fourth-order valence-corrected chi connectivity index (χ4v) is 4.72. The van der Waals surface area contributed by atoms with E-state index in [1.807, 2.05) is 0 Å². The number of allylic oxidation sites excluding steroid dienone is 3. The first-order chi connectivity index (χ1) is 11.9. The van der Waals surface area contributed by atoms with Crippen molar-refractivity contribution in [3.63, 3.8) is 0 Å². The number of fused-ring (bicyclic) bond motifs is 1.